The number of methoxy groups -OCH3 is 1. The van der Waals surface area contributed by atoms with Gasteiger partial charge in [0.2, 0.25) is 15.9 Å². The van der Waals surface area contributed by atoms with Crippen molar-refractivity contribution in [1.29, 1.82) is 0 Å². The molecule has 2 rings (SSSR count). The average Bonchev–Trinajstić information content (AvgIpc) is 2.58. The summed E-state index contributed by atoms with van der Waals surface area (Å²) in [5.74, 6) is -0.102. The number of carbonyl (C=O) groups excluding carboxylic acids is 1. The number of carbonyl (C=O) groups is 1. The molecule has 0 bridgehead atoms. The SMILES string of the molecule is CCS(=O)(=O)N1CCC(=O)N(C)c2ccccc2C(OC)C1. The second-order valence-electron chi connectivity index (χ2n) is 5.24. The van der Waals surface area contributed by atoms with Crippen molar-refractivity contribution in [3.05, 3.63) is 29.8 Å². The third-order valence-corrected chi connectivity index (χ3v) is 5.85. The molecule has 0 N–H and O–H groups in total. The largest absolute Gasteiger partial charge is 0.375 e. The van der Waals surface area contributed by atoms with E-state index in [1.165, 1.54) is 4.31 Å². The van der Waals surface area contributed by atoms with Gasteiger partial charge in [0.25, 0.3) is 0 Å². The van der Waals surface area contributed by atoms with Crippen molar-refractivity contribution in [1.82, 2.24) is 4.31 Å². The summed E-state index contributed by atoms with van der Waals surface area (Å²) in [6, 6.07) is 7.44. The number of fused-ring (bicyclic) bond motifs is 1. The molecule has 122 valence electrons. The molecule has 0 radical (unpaired) electrons. The van der Waals surface area contributed by atoms with Gasteiger partial charge in [-0.15, -0.1) is 0 Å². The van der Waals surface area contributed by atoms with Gasteiger partial charge >= 0.3 is 0 Å². The van der Waals surface area contributed by atoms with Gasteiger partial charge in [-0.25, -0.2) is 8.42 Å². The highest BCUT2D eigenvalue weighted by Crippen LogP contribution is 2.30. The van der Waals surface area contributed by atoms with Crippen LogP contribution in [0.3, 0.4) is 0 Å². The molecule has 22 heavy (non-hydrogen) atoms. The summed E-state index contributed by atoms with van der Waals surface area (Å²) in [7, 11) is -0.121. The molecule has 0 aromatic heterocycles. The van der Waals surface area contributed by atoms with Crippen molar-refractivity contribution in [2.45, 2.75) is 19.4 Å². The first-order valence-electron chi connectivity index (χ1n) is 7.26. The minimum atomic E-state index is -3.38. The molecule has 0 saturated heterocycles. The molecule has 1 aliphatic heterocycles. The molecule has 6 nitrogen and oxygen atoms in total. The maximum atomic E-state index is 12.3. The first kappa shape index (κ1) is 16.9. The quantitative estimate of drug-likeness (QED) is 0.842. The molecule has 0 aliphatic carbocycles. The molecule has 0 spiro atoms. The van der Waals surface area contributed by atoms with Crippen molar-refractivity contribution >= 4 is 21.6 Å². The van der Waals surface area contributed by atoms with Gasteiger partial charge in [0.1, 0.15) is 0 Å². The fourth-order valence-electron chi connectivity index (χ4n) is 2.60. The van der Waals surface area contributed by atoms with Crippen LogP contribution < -0.4 is 4.90 Å². The molecule has 1 aromatic rings. The van der Waals surface area contributed by atoms with Crippen LogP contribution in [0.1, 0.15) is 25.0 Å². The lowest BCUT2D eigenvalue weighted by molar-refractivity contribution is -0.118. The minimum Gasteiger partial charge on any atom is -0.375 e. The van der Waals surface area contributed by atoms with Gasteiger partial charge in [0.05, 0.1) is 11.9 Å². The summed E-state index contributed by atoms with van der Waals surface area (Å²) in [4.78, 5) is 13.9. The zero-order valence-electron chi connectivity index (χ0n) is 13.2. The highest BCUT2D eigenvalue weighted by Gasteiger charge is 2.30. The zero-order chi connectivity index (χ0) is 16.3. The Bertz CT molecular complexity index is 645. The lowest BCUT2D eigenvalue weighted by Crippen LogP contribution is -2.37. The maximum Gasteiger partial charge on any atom is 0.228 e. The number of hydrogen-bond acceptors (Lipinski definition) is 4. The number of sulfonamides is 1. The Kier molecular flexibility index (Phi) is 5.20. The van der Waals surface area contributed by atoms with Crippen molar-refractivity contribution in [3.63, 3.8) is 0 Å². The number of rotatable bonds is 3. The Morgan fingerprint density at radius 1 is 1.32 bits per heavy atom. The lowest BCUT2D eigenvalue weighted by atomic mass is 10.1. The number of benzene rings is 1. The molecule has 0 fully saturated rings. The normalized spacial score (nSPS) is 21.0. The number of para-hydroxylation sites is 1. The third-order valence-electron chi connectivity index (χ3n) is 4.01. The lowest BCUT2D eigenvalue weighted by Gasteiger charge is -2.26. The predicted molar refractivity (Wildman–Crippen MR) is 85.3 cm³/mol. The standard InChI is InChI=1S/C15H22N2O4S/c1-4-22(19,20)17-10-9-15(18)16(2)13-8-6-5-7-12(13)14(11-17)21-3/h5-8,14H,4,9-11H2,1-3H3. The number of nitrogens with zero attached hydrogens (tertiary/aromatic N) is 2. The van der Waals surface area contributed by atoms with E-state index < -0.39 is 16.1 Å². The number of hydrogen-bond donors (Lipinski definition) is 0. The zero-order valence-corrected chi connectivity index (χ0v) is 14.0. The maximum absolute atomic E-state index is 12.3. The molecular formula is C15H22N2O4S. The summed E-state index contributed by atoms with van der Waals surface area (Å²) in [6.07, 6.45) is -0.258. The summed E-state index contributed by atoms with van der Waals surface area (Å²) >= 11 is 0. The Morgan fingerprint density at radius 3 is 2.64 bits per heavy atom. The number of amides is 1. The molecule has 1 heterocycles. The van der Waals surface area contributed by atoms with Crippen molar-refractivity contribution in [3.8, 4) is 0 Å². The highest BCUT2D eigenvalue weighted by molar-refractivity contribution is 7.89. The summed E-state index contributed by atoms with van der Waals surface area (Å²) < 4.78 is 31.4. The summed E-state index contributed by atoms with van der Waals surface area (Å²) in [5.41, 5.74) is 1.58. The van der Waals surface area contributed by atoms with Gasteiger partial charge in [-0.2, -0.15) is 4.31 Å². The van der Waals surface area contributed by atoms with E-state index in [1.54, 1.807) is 26.0 Å². The fraction of sp³-hybridized carbons (Fsp3) is 0.533. The van der Waals surface area contributed by atoms with Crippen LogP contribution in [0.25, 0.3) is 0 Å². The fourth-order valence-corrected chi connectivity index (χ4v) is 3.70. The topological polar surface area (TPSA) is 66.9 Å². The van der Waals surface area contributed by atoms with Crippen molar-refractivity contribution < 1.29 is 17.9 Å². The van der Waals surface area contributed by atoms with Gasteiger partial charge in [0.15, 0.2) is 0 Å². The summed E-state index contributed by atoms with van der Waals surface area (Å²) in [5, 5.41) is 0. The number of anilines is 1. The molecule has 7 heteroatoms. The van der Waals surface area contributed by atoms with E-state index in [2.05, 4.69) is 0 Å². The molecular weight excluding hydrogens is 304 g/mol. The van der Waals surface area contributed by atoms with Gasteiger partial charge in [0, 0.05) is 44.9 Å². The molecule has 1 atom stereocenters. The van der Waals surface area contributed by atoms with E-state index >= 15 is 0 Å². The van der Waals surface area contributed by atoms with E-state index in [4.69, 9.17) is 4.74 Å². The average molecular weight is 326 g/mol. The smallest absolute Gasteiger partial charge is 0.228 e. The Morgan fingerprint density at radius 2 is 2.00 bits per heavy atom. The van der Waals surface area contributed by atoms with Crippen LogP contribution in [0.4, 0.5) is 5.69 Å². The monoisotopic (exact) mass is 326 g/mol. The van der Waals surface area contributed by atoms with E-state index in [9.17, 15) is 13.2 Å². The Labute approximate surface area is 131 Å². The molecule has 1 aromatic carbocycles. The van der Waals surface area contributed by atoms with Crippen LogP contribution in [0.2, 0.25) is 0 Å². The summed E-state index contributed by atoms with van der Waals surface area (Å²) in [6.45, 7) is 1.99. The second kappa shape index (κ2) is 6.76. The highest BCUT2D eigenvalue weighted by atomic mass is 32.2. The van der Waals surface area contributed by atoms with Gasteiger partial charge < -0.3 is 9.64 Å². The molecule has 1 amide bonds. The van der Waals surface area contributed by atoms with E-state index in [0.29, 0.717) is 0 Å². The van der Waals surface area contributed by atoms with Crippen LogP contribution in [-0.4, -0.2) is 51.6 Å². The van der Waals surface area contributed by atoms with Crippen LogP contribution in [0, 0.1) is 0 Å². The Hall–Kier alpha value is -1.44. The van der Waals surface area contributed by atoms with Crippen LogP contribution in [-0.2, 0) is 19.6 Å². The van der Waals surface area contributed by atoms with Gasteiger partial charge in [-0.3, -0.25) is 4.79 Å². The first-order valence-corrected chi connectivity index (χ1v) is 8.87. The molecule has 0 saturated carbocycles. The van der Waals surface area contributed by atoms with E-state index in [0.717, 1.165) is 11.3 Å². The first-order chi connectivity index (χ1) is 10.4. The van der Waals surface area contributed by atoms with Gasteiger partial charge in [-0.05, 0) is 13.0 Å². The van der Waals surface area contributed by atoms with Crippen LogP contribution in [0.5, 0.6) is 0 Å². The molecule has 1 unspecified atom stereocenters. The third kappa shape index (κ3) is 3.31. The van der Waals surface area contributed by atoms with Gasteiger partial charge in [-0.1, -0.05) is 18.2 Å². The number of ether oxygens (including phenoxy) is 1. The van der Waals surface area contributed by atoms with Crippen molar-refractivity contribution in [2.24, 2.45) is 0 Å². The van der Waals surface area contributed by atoms with E-state index in [-0.39, 0.29) is 31.2 Å². The molecule has 1 aliphatic rings. The minimum absolute atomic E-state index is 0.00904. The van der Waals surface area contributed by atoms with E-state index in [1.807, 2.05) is 24.3 Å². The Balaban J connectivity index is 2.49. The van der Waals surface area contributed by atoms with Crippen LogP contribution in [0.15, 0.2) is 24.3 Å². The van der Waals surface area contributed by atoms with Crippen molar-refractivity contribution in [2.75, 3.05) is 37.9 Å². The predicted octanol–water partition coefficient (Wildman–Crippen LogP) is 1.39. The van der Waals surface area contributed by atoms with Crippen LogP contribution >= 0.6 is 0 Å². The second-order valence-corrected chi connectivity index (χ2v) is 7.50.